The van der Waals surface area contributed by atoms with Crippen LogP contribution < -0.4 is 5.32 Å². The zero-order valence-electron chi connectivity index (χ0n) is 11.4. The molecule has 0 unspecified atom stereocenters. The first-order valence-electron chi connectivity index (χ1n) is 7.09. The normalized spacial score (nSPS) is 17.4. The van der Waals surface area contributed by atoms with E-state index in [-0.39, 0.29) is 11.9 Å². The van der Waals surface area contributed by atoms with Gasteiger partial charge in [-0.05, 0) is 39.0 Å². The third kappa shape index (κ3) is 2.92. The number of carbonyl (C=O) groups is 1. The number of hydrogen-bond acceptors (Lipinski definition) is 2. The molecule has 1 aliphatic carbocycles. The second kappa shape index (κ2) is 6.03. The Kier molecular flexibility index (Phi) is 4.39. The molecule has 18 heavy (non-hydrogen) atoms. The van der Waals surface area contributed by atoms with Gasteiger partial charge in [0, 0.05) is 17.3 Å². The zero-order valence-corrected chi connectivity index (χ0v) is 11.4. The summed E-state index contributed by atoms with van der Waals surface area (Å²) in [7, 11) is 0. The second-order valence-corrected chi connectivity index (χ2v) is 5.23. The molecule has 2 N–H and O–H groups in total. The van der Waals surface area contributed by atoms with Gasteiger partial charge in [0.15, 0.2) is 5.69 Å². The van der Waals surface area contributed by atoms with Gasteiger partial charge in [-0.25, -0.2) is 0 Å². The third-order valence-corrected chi connectivity index (χ3v) is 3.76. The molecule has 1 heterocycles. The van der Waals surface area contributed by atoms with Gasteiger partial charge in [0.25, 0.3) is 5.91 Å². The van der Waals surface area contributed by atoms with E-state index in [0.29, 0.717) is 5.69 Å². The summed E-state index contributed by atoms with van der Waals surface area (Å²) >= 11 is 0. The van der Waals surface area contributed by atoms with Gasteiger partial charge in [0.05, 0.1) is 0 Å². The number of amides is 1. The first-order chi connectivity index (χ1) is 8.72. The fourth-order valence-electron chi connectivity index (χ4n) is 2.42. The van der Waals surface area contributed by atoms with Crippen LogP contribution in [-0.4, -0.2) is 22.1 Å². The molecule has 4 nitrogen and oxygen atoms in total. The van der Waals surface area contributed by atoms with Crippen molar-refractivity contribution < 1.29 is 4.79 Å². The van der Waals surface area contributed by atoms with E-state index in [2.05, 4.69) is 22.4 Å². The van der Waals surface area contributed by atoms with Crippen LogP contribution >= 0.6 is 0 Å². The second-order valence-electron chi connectivity index (χ2n) is 5.23. The lowest BCUT2D eigenvalue weighted by molar-refractivity contribution is 0.0933. The van der Waals surface area contributed by atoms with E-state index in [9.17, 15) is 4.79 Å². The molecule has 1 aromatic heterocycles. The predicted molar refractivity (Wildman–Crippen MR) is 71.7 cm³/mol. The number of aromatic nitrogens is 2. The molecule has 1 amide bonds. The Balaban J connectivity index is 2.15. The van der Waals surface area contributed by atoms with E-state index in [4.69, 9.17) is 0 Å². The van der Waals surface area contributed by atoms with Crippen LogP contribution in [0.15, 0.2) is 0 Å². The van der Waals surface area contributed by atoms with Gasteiger partial charge < -0.3 is 5.32 Å². The van der Waals surface area contributed by atoms with Crippen molar-refractivity contribution in [3.63, 3.8) is 0 Å². The number of rotatable bonds is 3. The van der Waals surface area contributed by atoms with Crippen molar-refractivity contribution in [2.24, 2.45) is 0 Å². The molecule has 1 atom stereocenters. The highest BCUT2D eigenvalue weighted by molar-refractivity contribution is 5.94. The molecular formula is C14H23N3O. The molecule has 1 aliphatic rings. The summed E-state index contributed by atoms with van der Waals surface area (Å²) in [5.74, 6) is -0.0255. The molecule has 0 spiro atoms. The van der Waals surface area contributed by atoms with Crippen molar-refractivity contribution >= 4 is 5.91 Å². The standard InChI is InChI=1S/C14H23N3O/c1-3-10(2)15-14(18)13-11-8-6-4-5-7-9-12(11)16-17-13/h10H,3-9H2,1-2H3,(H,15,18)(H,16,17)/t10-/m1/s1. The first-order valence-corrected chi connectivity index (χ1v) is 7.09. The number of fused-ring (bicyclic) bond motifs is 1. The SMILES string of the molecule is CC[C@@H](C)NC(=O)c1n[nH]c2c1CCCCCC2. The van der Waals surface area contributed by atoms with Crippen molar-refractivity contribution in [2.45, 2.75) is 64.8 Å². The Morgan fingerprint density at radius 3 is 2.78 bits per heavy atom. The lowest BCUT2D eigenvalue weighted by atomic mass is 9.97. The summed E-state index contributed by atoms with van der Waals surface area (Å²) in [6.07, 6.45) is 7.86. The number of aromatic amines is 1. The van der Waals surface area contributed by atoms with E-state index in [0.717, 1.165) is 31.2 Å². The molecule has 0 fully saturated rings. The number of carbonyl (C=O) groups excluding carboxylic acids is 1. The minimum absolute atomic E-state index is 0.0255. The Hall–Kier alpha value is -1.32. The maximum Gasteiger partial charge on any atom is 0.272 e. The minimum atomic E-state index is -0.0255. The van der Waals surface area contributed by atoms with Crippen molar-refractivity contribution in [1.29, 1.82) is 0 Å². The zero-order chi connectivity index (χ0) is 13.0. The molecule has 0 saturated heterocycles. The summed E-state index contributed by atoms with van der Waals surface area (Å²) in [5.41, 5.74) is 2.94. The number of H-pyrrole nitrogens is 1. The highest BCUT2D eigenvalue weighted by Crippen LogP contribution is 2.21. The summed E-state index contributed by atoms with van der Waals surface area (Å²) in [6, 6.07) is 0.207. The average Bonchev–Trinajstić information content (AvgIpc) is 2.71. The molecule has 0 saturated carbocycles. The molecule has 100 valence electrons. The summed E-state index contributed by atoms with van der Waals surface area (Å²) in [6.45, 7) is 4.09. The van der Waals surface area contributed by atoms with Gasteiger partial charge in [-0.2, -0.15) is 5.10 Å². The van der Waals surface area contributed by atoms with Crippen LogP contribution in [0.3, 0.4) is 0 Å². The maximum absolute atomic E-state index is 12.2. The van der Waals surface area contributed by atoms with Gasteiger partial charge in [-0.15, -0.1) is 0 Å². The van der Waals surface area contributed by atoms with Crippen LogP contribution in [0.25, 0.3) is 0 Å². The van der Waals surface area contributed by atoms with Crippen LogP contribution in [0.4, 0.5) is 0 Å². The van der Waals surface area contributed by atoms with Gasteiger partial charge >= 0.3 is 0 Å². The summed E-state index contributed by atoms with van der Waals surface area (Å²) < 4.78 is 0. The molecule has 0 aromatic carbocycles. The van der Waals surface area contributed by atoms with Crippen LogP contribution in [0.2, 0.25) is 0 Å². The number of hydrogen-bond donors (Lipinski definition) is 2. The lowest BCUT2D eigenvalue weighted by Crippen LogP contribution is -2.32. The maximum atomic E-state index is 12.2. The molecular weight excluding hydrogens is 226 g/mol. The predicted octanol–water partition coefficient (Wildman–Crippen LogP) is 2.60. The molecule has 0 radical (unpaired) electrons. The third-order valence-electron chi connectivity index (χ3n) is 3.76. The van der Waals surface area contributed by atoms with E-state index >= 15 is 0 Å². The van der Waals surface area contributed by atoms with Gasteiger partial charge in [-0.1, -0.05) is 19.8 Å². The molecule has 1 aromatic rings. The molecule has 4 heteroatoms. The quantitative estimate of drug-likeness (QED) is 0.865. The van der Waals surface area contributed by atoms with Crippen molar-refractivity contribution in [3.05, 3.63) is 17.0 Å². The fourth-order valence-corrected chi connectivity index (χ4v) is 2.42. The van der Waals surface area contributed by atoms with E-state index < -0.39 is 0 Å². The molecule has 2 rings (SSSR count). The number of nitrogens with zero attached hydrogens (tertiary/aromatic N) is 1. The van der Waals surface area contributed by atoms with Crippen molar-refractivity contribution in [1.82, 2.24) is 15.5 Å². The summed E-state index contributed by atoms with van der Waals surface area (Å²) in [4.78, 5) is 12.2. The Morgan fingerprint density at radius 2 is 2.06 bits per heavy atom. The van der Waals surface area contributed by atoms with Gasteiger partial charge in [-0.3, -0.25) is 9.89 Å². The number of aryl methyl sites for hydroxylation is 1. The smallest absolute Gasteiger partial charge is 0.272 e. The minimum Gasteiger partial charge on any atom is -0.348 e. The Bertz CT molecular complexity index is 411. The van der Waals surface area contributed by atoms with Crippen LogP contribution in [-0.2, 0) is 12.8 Å². The van der Waals surface area contributed by atoms with Gasteiger partial charge in [0.1, 0.15) is 0 Å². The van der Waals surface area contributed by atoms with Crippen LogP contribution in [0.1, 0.15) is 67.7 Å². The summed E-state index contributed by atoms with van der Waals surface area (Å²) in [5, 5.41) is 10.3. The monoisotopic (exact) mass is 249 g/mol. The van der Waals surface area contributed by atoms with Crippen LogP contribution in [0.5, 0.6) is 0 Å². The molecule has 0 bridgehead atoms. The van der Waals surface area contributed by atoms with E-state index in [1.807, 2.05) is 6.92 Å². The fraction of sp³-hybridized carbons (Fsp3) is 0.714. The van der Waals surface area contributed by atoms with E-state index in [1.165, 1.54) is 25.0 Å². The molecule has 0 aliphatic heterocycles. The largest absolute Gasteiger partial charge is 0.348 e. The van der Waals surface area contributed by atoms with Crippen molar-refractivity contribution in [2.75, 3.05) is 0 Å². The highest BCUT2D eigenvalue weighted by Gasteiger charge is 2.20. The van der Waals surface area contributed by atoms with Crippen LogP contribution in [0, 0.1) is 0 Å². The Morgan fingerprint density at radius 1 is 1.33 bits per heavy atom. The Labute approximate surface area is 109 Å². The van der Waals surface area contributed by atoms with Crippen molar-refractivity contribution in [3.8, 4) is 0 Å². The number of nitrogens with one attached hydrogen (secondary N) is 2. The topological polar surface area (TPSA) is 57.8 Å². The lowest BCUT2D eigenvalue weighted by Gasteiger charge is -2.12. The van der Waals surface area contributed by atoms with E-state index in [1.54, 1.807) is 0 Å². The first kappa shape index (κ1) is 13.1. The van der Waals surface area contributed by atoms with Gasteiger partial charge in [0.2, 0.25) is 0 Å². The average molecular weight is 249 g/mol. The highest BCUT2D eigenvalue weighted by atomic mass is 16.2.